The normalized spacial score (nSPS) is 14.4. The topological polar surface area (TPSA) is 12.0 Å². The first-order valence-corrected chi connectivity index (χ1v) is 5.05. The molecule has 1 rings (SSSR count). The van der Waals surface area contributed by atoms with Gasteiger partial charge in [0.2, 0.25) is 0 Å². The molecule has 1 N–H and O–H groups in total. The van der Waals surface area contributed by atoms with Gasteiger partial charge in [0, 0.05) is 0 Å². The van der Waals surface area contributed by atoms with Crippen molar-refractivity contribution in [1.82, 2.24) is 3.26 Å². The summed E-state index contributed by atoms with van der Waals surface area (Å²) in [6, 6.07) is 0. The molecule has 11 heavy (non-hydrogen) atoms. The van der Waals surface area contributed by atoms with E-state index >= 15 is 0 Å². The fourth-order valence-corrected chi connectivity index (χ4v) is 0.393. The summed E-state index contributed by atoms with van der Waals surface area (Å²) in [4.78, 5) is 0. The first-order valence-electron chi connectivity index (χ1n) is 3.82. The molecule has 65 valence electrons. The Morgan fingerprint density at radius 1 is 1.27 bits per heavy atom. The standard InChI is InChI=1S/C5H6.C4H10N.Zr.2H/c1-2-4-5-3-1;1-4(2,3)5;;;/h1-4H,5H2;5H,1-3H3;;;/q;-1;+1;2*-1. The summed E-state index contributed by atoms with van der Waals surface area (Å²) in [6.45, 7) is 6.46. The molecule has 0 aromatic heterocycles. The Bertz CT molecular complexity index is 140. The first-order chi connectivity index (χ1) is 5.06. The second-order valence-corrected chi connectivity index (χ2v) is 4.08. The Morgan fingerprint density at radius 3 is 1.73 bits per heavy atom. The van der Waals surface area contributed by atoms with E-state index in [1.807, 2.05) is 0 Å². The summed E-state index contributed by atoms with van der Waals surface area (Å²) in [5.74, 6) is 0. The smallest absolute Gasteiger partial charge is 1.00 e. The second-order valence-electron chi connectivity index (χ2n) is 3.47. The van der Waals surface area contributed by atoms with Crippen molar-refractivity contribution in [3.63, 3.8) is 0 Å². The molecule has 0 saturated heterocycles. The van der Waals surface area contributed by atoms with E-state index in [0.717, 1.165) is 6.42 Å². The second kappa shape index (κ2) is 5.91. The number of rotatable bonds is 0. The maximum absolute atomic E-state index is 3.19. The number of allylic oxidation sites excluding steroid dienone is 4. The third-order valence-electron chi connectivity index (χ3n) is 1.03. The Hall–Kier alpha value is 0.323. The number of nitrogens with one attached hydrogen (secondary N) is 1. The van der Waals surface area contributed by atoms with E-state index in [9.17, 15) is 0 Å². The van der Waals surface area contributed by atoms with Crippen LogP contribution in [-0.2, 0) is 25.0 Å². The van der Waals surface area contributed by atoms with E-state index < -0.39 is 0 Å². The fraction of sp³-hybridized carbons (Fsp3) is 0.556. The Balaban J connectivity index is -0.000000134. The van der Waals surface area contributed by atoms with Crippen molar-refractivity contribution in [3.05, 3.63) is 24.3 Å². The molecule has 1 aliphatic rings. The van der Waals surface area contributed by atoms with Crippen LogP contribution in [0.15, 0.2) is 24.3 Å². The van der Waals surface area contributed by atoms with E-state index in [4.69, 9.17) is 0 Å². The Kier molecular flexibility index (Phi) is 6.08. The van der Waals surface area contributed by atoms with E-state index in [1.54, 1.807) is 0 Å². The van der Waals surface area contributed by atoms with Gasteiger partial charge in [-0.2, -0.15) is 0 Å². The van der Waals surface area contributed by atoms with E-state index in [2.05, 4.69) is 48.3 Å². The number of hydrogen-bond acceptors (Lipinski definition) is 1. The van der Waals surface area contributed by atoms with Crippen LogP contribution >= 0.6 is 0 Å². The van der Waals surface area contributed by atoms with E-state index in [0.29, 0.717) is 5.54 Å². The van der Waals surface area contributed by atoms with Crippen molar-refractivity contribution < 1.29 is 27.9 Å². The summed E-state index contributed by atoms with van der Waals surface area (Å²) in [7, 11) is 0. The van der Waals surface area contributed by atoms with Gasteiger partial charge in [-0.05, 0) is 6.42 Å². The zero-order valence-corrected chi connectivity index (χ0v) is 9.97. The molecule has 0 radical (unpaired) electrons. The predicted octanol–water partition coefficient (Wildman–Crippen LogP) is 2.56. The fourth-order valence-electron chi connectivity index (χ4n) is 0.393. The first kappa shape index (κ1) is 11.3. The summed E-state index contributed by atoms with van der Waals surface area (Å²) in [6.07, 6.45) is 9.50. The molecule has 0 aromatic rings. The van der Waals surface area contributed by atoms with Crippen molar-refractivity contribution in [1.29, 1.82) is 0 Å². The van der Waals surface area contributed by atoms with Gasteiger partial charge >= 0.3 is 54.6 Å². The van der Waals surface area contributed by atoms with Gasteiger partial charge in [0.25, 0.3) is 0 Å². The minimum absolute atomic E-state index is 0. The average Bonchev–Trinajstić information content (AvgIpc) is 2.41. The molecule has 1 aliphatic carbocycles. The van der Waals surface area contributed by atoms with Crippen LogP contribution in [0, 0.1) is 0 Å². The summed E-state index contributed by atoms with van der Waals surface area (Å²) < 4.78 is 3.19. The molecule has 0 heterocycles. The number of hydrogen-bond donors (Lipinski definition) is 1. The monoisotopic (exact) mass is 230 g/mol. The Labute approximate surface area is 88.2 Å². The van der Waals surface area contributed by atoms with Gasteiger partial charge in [0.05, 0.1) is 0 Å². The van der Waals surface area contributed by atoms with Gasteiger partial charge in [-0.3, -0.25) is 0 Å². The molecule has 1 nitrogen and oxygen atoms in total. The Morgan fingerprint density at radius 2 is 1.64 bits per heavy atom. The molecule has 0 aliphatic heterocycles. The van der Waals surface area contributed by atoms with Crippen molar-refractivity contribution >= 4 is 0 Å². The molecule has 0 amide bonds. The molecular weight excluding hydrogens is 213 g/mol. The maximum Gasteiger partial charge on any atom is -1.00 e. The minimum atomic E-state index is 0. The zero-order valence-electron chi connectivity index (χ0n) is 9.52. The van der Waals surface area contributed by atoms with Gasteiger partial charge in [-0.25, -0.2) is 0 Å². The van der Waals surface area contributed by atoms with Crippen LogP contribution in [0.4, 0.5) is 0 Å². The zero-order chi connectivity index (χ0) is 8.74. The minimum Gasteiger partial charge on any atom is -1.00 e. The van der Waals surface area contributed by atoms with Crippen molar-refractivity contribution in [2.75, 3.05) is 0 Å². The van der Waals surface area contributed by atoms with E-state index in [-0.39, 0.29) is 2.85 Å². The molecule has 0 atom stereocenters. The average molecular weight is 231 g/mol. The van der Waals surface area contributed by atoms with Gasteiger partial charge in [-0.1, -0.05) is 24.3 Å². The molecular formula is C9H18NZr-2. The van der Waals surface area contributed by atoms with Gasteiger partial charge < -0.3 is 2.85 Å². The molecule has 0 bridgehead atoms. The molecule has 0 aromatic carbocycles. The molecule has 0 fully saturated rings. The van der Waals surface area contributed by atoms with Crippen LogP contribution in [0.1, 0.15) is 30.0 Å². The van der Waals surface area contributed by atoms with Gasteiger partial charge in [0.1, 0.15) is 0 Å². The van der Waals surface area contributed by atoms with Crippen LogP contribution in [0.2, 0.25) is 0 Å². The SMILES string of the molecule is C1=CCC=C1.CC(C)(C)[NH][Zr].[H-].[H-]. The quantitative estimate of drug-likeness (QED) is 0.676. The predicted molar refractivity (Wildman–Crippen MR) is 48.0 cm³/mol. The molecule has 0 unspecified atom stereocenters. The van der Waals surface area contributed by atoms with Crippen molar-refractivity contribution in [3.8, 4) is 0 Å². The third-order valence-corrected chi connectivity index (χ3v) is 2.87. The molecule has 0 spiro atoms. The third kappa shape index (κ3) is 10.3. The van der Waals surface area contributed by atoms with Crippen LogP contribution < -0.4 is 3.26 Å². The maximum atomic E-state index is 3.19. The summed E-state index contributed by atoms with van der Waals surface area (Å²) in [5.41, 5.74) is 0.332. The molecule has 2 heteroatoms. The van der Waals surface area contributed by atoms with E-state index in [1.165, 1.54) is 25.0 Å². The van der Waals surface area contributed by atoms with Crippen molar-refractivity contribution in [2.45, 2.75) is 32.7 Å². The largest absolute Gasteiger partial charge is 1.00 e. The van der Waals surface area contributed by atoms with Gasteiger partial charge in [0.15, 0.2) is 0 Å². The van der Waals surface area contributed by atoms with Crippen LogP contribution in [0.3, 0.4) is 0 Å². The van der Waals surface area contributed by atoms with Crippen LogP contribution in [0.25, 0.3) is 0 Å². The van der Waals surface area contributed by atoms with Crippen LogP contribution in [-0.4, -0.2) is 5.54 Å². The van der Waals surface area contributed by atoms with Gasteiger partial charge in [-0.15, -0.1) is 0 Å². The van der Waals surface area contributed by atoms with Crippen molar-refractivity contribution in [2.24, 2.45) is 0 Å². The molecule has 0 saturated carbocycles. The summed E-state index contributed by atoms with van der Waals surface area (Å²) in [5, 5.41) is 0. The van der Waals surface area contributed by atoms with Crippen LogP contribution in [0.5, 0.6) is 0 Å². The summed E-state index contributed by atoms with van der Waals surface area (Å²) >= 11 is 1.40.